The Labute approximate surface area is 232 Å². The SMILES string of the molecule is CCN(CC)CCOc1ccc(C(=O)N2C/C(=C/c3cccs3)C(=O)/C(=C/c3cccs3)C2)cc1.Cl.O. The minimum atomic E-state index is -0.0960. The standard InChI is InChI=1S/C28H30N2O3S2.ClH.H2O/c1-3-29(4-2)13-14-33-24-11-9-21(10-12-24)28(32)30-19-22(17-25-7-5-15-34-25)27(31)23(20-30)18-26-8-6-16-35-26;;/h5-12,15-18H,3-4,13-14,19-20H2,1-2H3;1H;1H2/b22-17-,23-18+;;. The number of hydrogen-bond acceptors (Lipinski definition) is 6. The highest BCUT2D eigenvalue weighted by molar-refractivity contribution is 7.11. The second kappa shape index (κ2) is 14.9. The highest BCUT2D eigenvalue weighted by atomic mass is 35.5. The number of piperidine rings is 1. The van der Waals surface area contributed by atoms with Crippen molar-refractivity contribution in [3.8, 4) is 5.75 Å². The molecule has 1 aromatic carbocycles. The molecule has 1 saturated heterocycles. The summed E-state index contributed by atoms with van der Waals surface area (Å²) in [4.78, 5) is 32.7. The molecule has 0 radical (unpaired) electrons. The number of ketones is 1. The monoisotopic (exact) mass is 560 g/mol. The lowest BCUT2D eigenvalue weighted by atomic mass is 9.95. The number of carbonyl (C=O) groups is 2. The van der Waals surface area contributed by atoms with Gasteiger partial charge in [0.25, 0.3) is 5.91 Å². The van der Waals surface area contributed by atoms with Gasteiger partial charge in [-0.2, -0.15) is 0 Å². The van der Waals surface area contributed by atoms with Crippen molar-refractivity contribution in [3.05, 3.63) is 85.8 Å². The van der Waals surface area contributed by atoms with Gasteiger partial charge < -0.3 is 20.0 Å². The molecule has 0 saturated carbocycles. The van der Waals surface area contributed by atoms with E-state index in [9.17, 15) is 9.59 Å². The number of rotatable bonds is 9. The van der Waals surface area contributed by atoms with Crippen LogP contribution in [-0.2, 0) is 4.79 Å². The van der Waals surface area contributed by atoms with Crippen molar-refractivity contribution >= 4 is 58.9 Å². The zero-order chi connectivity index (χ0) is 24.6. The summed E-state index contributed by atoms with van der Waals surface area (Å²) in [5.74, 6) is 0.660. The summed E-state index contributed by atoms with van der Waals surface area (Å²) in [6.07, 6.45) is 3.81. The zero-order valence-corrected chi connectivity index (χ0v) is 23.5. The number of thiophene rings is 2. The molecule has 1 aliphatic rings. The maximum Gasteiger partial charge on any atom is 0.254 e. The van der Waals surface area contributed by atoms with E-state index in [0.29, 0.717) is 36.4 Å². The maximum absolute atomic E-state index is 13.4. The summed E-state index contributed by atoms with van der Waals surface area (Å²) in [5, 5.41) is 3.97. The third-order valence-corrected chi connectivity index (χ3v) is 7.62. The number of ether oxygens (including phenoxy) is 1. The summed E-state index contributed by atoms with van der Waals surface area (Å²) < 4.78 is 5.86. The molecular weight excluding hydrogens is 528 g/mol. The molecule has 3 aromatic rings. The highest BCUT2D eigenvalue weighted by Gasteiger charge is 2.29. The molecule has 1 fully saturated rings. The van der Waals surface area contributed by atoms with Gasteiger partial charge in [0, 0.05) is 33.0 Å². The molecule has 9 heteroatoms. The fourth-order valence-electron chi connectivity index (χ4n) is 3.98. The van der Waals surface area contributed by atoms with E-state index < -0.39 is 0 Å². The minimum absolute atomic E-state index is 0. The van der Waals surface area contributed by atoms with E-state index in [-0.39, 0.29) is 29.6 Å². The molecule has 4 rings (SSSR count). The molecular formula is C28H33ClN2O4S2. The Balaban J connectivity index is 0.00000241. The van der Waals surface area contributed by atoms with Crippen LogP contribution in [0.15, 0.2) is 70.4 Å². The second-order valence-electron chi connectivity index (χ2n) is 8.26. The number of likely N-dealkylation sites (tertiary alicyclic amines) is 1. The summed E-state index contributed by atoms with van der Waals surface area (Å²) in [5.41, 5.74) is 1.85. The van der Waals surface area contributed by atoms with Crippen LogP contribution in [-0.4, -0.2) is 66.3 Å². The van der Waals surface area contributed by atoms with E-state index in [1.165, 1.54) is 0 Å². The van der Waals surface area contributed by atoms with Gasteiger partial charge in [-0.3, -0.25) is 9.59 Å². The number of nitrogens with zero attached hydrogens (tertiary/aromatic N) is 2. The molecule has 1 aliphatic heterocycles. The van der Waals surface area contributed by atoms with Gasteiger partial charge in [-0.05, 0) is 72.4 Å². The van der Waals surface area contributed by atoms with Crippen LogP contribution < -0.4 is 4.74 Å². The predicted octanol–water partition coefficient (Wildman–Crippen LogP) is 5.32. The second-order valence-corrected chi connectivity index (χ2v) is 10.2. The van der Waals surface area contributed by atoms with Gasteiger partial charge in [-0.25, -0.2) is 0 Å². The van der Waals surface area contributed by atoms with Gasteiger partial charge in [0.2, 0.25) is 0 Å². The van der Waals surface area contributed by atoms with Crippen LogP contribution in [0.1, 0.15) is 34.0 Å². The predicted molar refractivity (Wildman–Crippen MR) is 156 cm³/mol. The van der Waals surface area contributed by atoms with E-state index in [4.69, 9.17) is 4.74 Å². The zero-order valence-electron chi connectivity index (χ0n) is 21.0. The first kappa shape index (κ1) is 30.5. The highest BCUT2D eigenvalue weighted by Crippen LogP contribution is 2.26. The summed E-state index contributed by atoms with van der Waals surface area (Å²) in [6, 6.07) is 15.2. The molecule has 2 N–H and O–H groups in total. The molecule has 0 atom stereocenters. The Morgan fingerprint density at radius 1 is 0.946 bits per heavy atom. The summed E-state index contributed by atoms with van der Waals surface area (Å²) >= 11 is 3.15. The van der Waals surface area contributed by atoms with E-state index in [1.54, 1.807) is 39.7 Å². The fourth-order valence-corrected chi connectivity index (χ4v) is 5.35. The van der Waals surface area contributed by atoms with Gasteiger partial charge in [0.1, 0.15) is 12.4 Å². The first-order valence-corrected chi connectivity index (χ1v) is 13.6. The van der Waals surface area contributed by atoms with Crippen molar-refractivity contribution in [3.63, 3.8) is 0 Å². The van der Waals surface area contributed by atoms with Crippen LogP contribution in [0.25, 0.3) is 12.2 Å². The lowest BCUT2D eigenvalue weighted by molar-refractivity contribution is -0.113. The van der Waals surface area contributed by atoms with Crippen molar-refractivity contribution in [2.24, 2.45) is 0 Å². The minimum Gasteiger partial charge on any atom is -0.492 e. The quantitative estimate of drug-likeness (QED) is 0.332. The Kier molecular flexibility index (Phi) is 12.2. The van der Waals surface area contributed by atoms with Crippen LogP contribution in [0, 0.1) is 0 Å². The Morgan fingerprint density at radius 3 is 1.95 bits per heavy atom. The molecule has 3 heterocycles. The number of benzene rings is 1. The average molecular weight is 561 g/mol. The average Bonchev–Trinajstić information content (AvgIpc) is 3.59. The summed E-state index contributed by atoms with van der Waals surface area (Å²) in [6.45, 7) is 8.33. The van der Waals surface area contributed by atoms with Crippen molar-refractivity contribution in [2.45, 2.75) is 13.8 Å². The topological polar surface area (TPSA) is 81.3 Å². The molecule has 0 aliphatic carbocycles. The number of Topliss-reactive ketones (excluding diaryl/α,β-unsaturated/α-hetero) is 1. The van der Waals surface area contributed by atoms with E-state index in [0.717, 1.165) is 35.1 Å². The normalized spacial score (nSPS) is 15.5. The van der Waals surface area contributed by atoms with E-state index in [1.807, 2.05) is 59.3 Å². The largest absolute Gasteiger partial charge is 0.492 e. The van der Waals surface area contributed by atoms with Gasteiger partial charge >= 0.3 is 0 Å². The molecule has 6 nitrogen and oxygen atoms in total. The van der Waals surface area contributed by atoms with Crippen LogP contribution in [0.3, 0.4) is 0 Å². The van der Waals surface area contributed by atoms with Crippen molar-refractivity contribution in [1.29, 1.82) is 0 Å². The molecule has 1 amide bonds. The number of carbonyl (C=O) groups excluding carboxylic acids is 2. The molecule has 0 spiro atoms. The van der Waals surface area contributed by atoms with Gasteiger partial charge in [0.05, 0.1) is 13.1 Å². The van der Waals surface area contributed by atoms with Crippen LogP contribution in [0.2, 0.25) is 0 Å². The molecule has 198 valence electrons. The smallest absolute Gasteiger partial charge is 0.254 e. The first-order chi connectivity index (χ1) is 17.1. The number of amides is 1. The maximum atomic E-state index is 13.4. The summed E-state index contributed by atoms with van der Waals surface area (Å²) in [7, 11) is 0. The van der Waals surface area contributed by atoms with Gasteiger partial charge in [-0.15, -0.1) is 35.1 Å². The molecule has 37 heavy (non-hydrogen) atoms. The Bertz CT molecular complexity index is 1130. The van der Waals surface area contributed by atoms with Crippen molar-refractivity contribution in [2.75, 3.05) is 39.3 Å². The third-order valence-electron chi connectivity index (χ3n) is 5.98. The van der Waals surface area contributed by atoms with E-state index >= 15 is 0 Å². The third kappa shape index (κ3) is 8.12. The van der Waals surface area contributed by atoms with Crippen LogP contribution in [0.4, 0.5) is 0 Å². The van der Waals surface area contributed by atoms with Crippen LogP contribution in [0.5, 0.6) is 5.75 Å². The fraction of sp³-hybridized carbons (Fsp3) is 0.286. The molecule has 0 unspecified atom stereocenters. The van der Waals surface area contributed by atoms with Gasteiger partial charge in [-0.1, -0.05) is 26.0 Å². The van der Waals surface area contributed by atoms with Crippen LogP contribution >= 0.6 is 35.1 Å². The van der Waals surface area contributed by atoms with E-state index in [2.05, 4.69) is 18.7 Å². The molecule has 0 bridgehead atoms. The Morgan fingerprint density at radius 2 is 1.49 bits per heavy atom. The first-order valence-electron chi connectivity index (χ1n) is 11.8. The number of likely N-dealkylation sites (N-methyl/N-ethyl adjacent to an activating group) is 1. The van der Waals surface area contributed by atoms with Crippen molar-refractivity contribution < 1.29 is 19.8 Å². The molecule has 2 aromatic heterocycles. The van der Waals surface area contributed by atoms with Gasteiger partial charge in [0.15, 0.2) is 5.78 Å². The number of halogens is 1. The lowest BCUT2D eigenvalue weighted by Crippen LogP contribution is -2.41. The lowest BCUT2D eigenvalue weighted by Gasteiger charge is -2.30. The Hall–Kier alpha value is -2.75. The van der Waals surface area contributed by atoms with Crippen molar-refractivity contribution in [1.82, 2.24) is 9.80 Å². The number of hydrogen-bond donors (Lipinski definition) is 0.